The first kappa shape index (κ1) is 15.3. The van der Waals surface area contributed by atoms with Crippen LogP contribution in [0.3, 0.4) is 0 Å². The van der Waals surface area contributed by atoms with Crippen LogP contribution in [0.15, 0.2) is 0 Å². The van der Waals surface area contributed by atoms with Gasteiger partial charge in [0.05, 0.1) is 12.7 Å². The van der Waals surface area contributed by atoms with Gasteiger partial charge in [-0.15, -0.1) is 0 Å². The Hall–Kier alpha value is -0.0800. The SMILES string of the molecule is CCCCCCCC(C)OC12CCCC1(C)CCO2. The summed E-state index contributed by atoms with van der Waals surface area (Å²) in [5, 5.41) is 0. The fraction of sp³-hybridized carbons (Fsp3) is 1.00. The van der Waals surface area contributed by atoms with Gasteiger partial charge in [0.15, 0.2) is 5.79 Å². The normalized spacial score (nSPS) is 35.5. The first-order valence-corrected chi connectivity index (χ1v) is 8.44. The molecule has 0 amide bonds. The lowest BCUT2D eigenvalue weighted by Crippen LogP contribution is -2.43. The largest absolute Gasteiger partial charge is 0.349 e. The summed E-state index contributed by atoms with van der Waals surface area (Å²) in [7, 11) is 0. The highest BCUT2D eigenvalue weighted by atomic mass is 16.7. The Morgan fingerprint density at radius 2 is 1.89 bits per heavy atom. The van der Waals surface area contributed by atoms with Gasteiger partial charge in [0.2, 0.25) is 0 Å². The molecule has 2 rings (SSSR count). The molecular weight excluding hydrogens is 236 g/mol. The molecule has 0 bridgehead atoms. The first-order chi connectivity index (χ1) is 9.12. The van der Waals surface area contributed by atoms with E-state index >= 15 is 0 Å². The molecule has 2 nitrogen and oxygen atoms in total. The second-order valence-electron chi connectivity index (χ2n) is 6.90. The smallest absolute Gasteiger partial charge is 0.173 e. The van der Waals surface area contributed by atoms with E-state index in [1.807, 2.05) is 0 Å². The number of unbranched alkanes of at least 4 members (excludes halogenated alkanes) is 4. The average molecular weight is 268 g/mol. The lowest BCUT2D eigenvalue weighted by Gasteiger charge is -2.38. The molecule has 0 spiro atoms. The van der Waals surface area contributed by atoms with E-state index in [9.17, 15) is 0 Å². The molecule has 19 heavy (non-hydrogen) atoms. The molecule has 2 heteroatoms. The Balaban J connectivity index is 1.74. The van der Waals surface area contributed by atoms with Crippen LogP contribution >= 0.6 is 0 Å². The molecular formula is C17H32O2. The van der Waals surface area contributed by atoms with Gasteiger partial charge in [-0.1, -0.05) is 46.0 Å². The number of fused-ring (bicyclic) bond motifs is 1. The molecule has 1 aliphatic heterocycles. The van der Waals surface area contributed by atoms with E-state index in [0.29, 0.717) is 6.10 Å². The lowest BCUT2D eigenvalue weighted by atomic mass is 9.82. The van der Waals surface area contributed by atoms with Crippen molar-refractivity contribution in [3.8, 4) is 0 Å². The minimum absolute atomic E-state index is 0.240. The Labute approximate surface area is 119 Å². The average Bonchev–Trinajstić information content (AvgIpc) is 2.81. The number of ether oxygens (including phenoxy) is 2. The van der Waals surface area contributed by atoms with Crippen LogP contribution in [0.5, 0.6) is 0 Å². The zero-order chi connectivity index (χ0) is 13.8. The molecule has 3 atom stereocenters. The molecule has 1 saturated heterocycles. The predicted octanol–water partition coefficient (Wildman–Crippen LogP) is 5.06. The van der Waals surface area contributed by atoms with Gasteiger partial charge in [-0.25, -0.2) is 0 Å². The zero-order valence-electron chi connectivity index (χ0n) is 13.2. The molecule has 1 heterocycles. The molecule has 0 aromatic rings. The summed E-state index contributed by atoms with van der Waals surface area (Å²) in [4.78, 5) is 0. The molecule has 2 aliphatic rings. The molecule has 0 radical (unpaired) electrons. The van der Waals surface area contributed by atoms with Crippen molar-refractivity contribution in [3.63, 3.8) is 0 Å². The third kappa shape index (κ3) is 3.33. The van der Waals surface area contributed by atoms with Crippen LogP contribution in [0.4, 0.5) is 0 Å². The van der Waals surface area contributed by atoms with Crippen LogP contribution in [-0.2, 0) is 9.47 Å². The van der Waals surface area contributed by atoms with Gasteiger partial charge in [-0.2, -0.15) is 0 Å². The van der Waals surface area contributed by atoms with E-state index in [1.54, 1.807) is 0 Å². The van der Waals surface area contributed by atoms with Crippen molar-refractivity contribution < 1.29 is 9.47 Å². The lowest BCUT2D eigenvalue weighted by molar-refractivity contribution is -0.263. The molecule has 2 fully saturated rings. The van der Waals surface area contributed by atoms with Crippen molar-refractivity contribution in [2.24, 2.45) is 5.41 Å². The molecule has 0 N–H and O–H groups in total. The zero-order valence-corrected chi connectivity index (χ0v) is 13.2. The molecule has 112 valence electrons. The number of hydrogen-bond donors (Lipinski definition) is 0. The summed E-state index contributed by atoms with van der Waals surface area (Å²) in [5.74, 6) is -0.240. The van der Waals surface area contributed by atoms with Crippen molar-refractivity contribution >= 4 is 0 Å². The fourth-order valence-corrected chi connectivity index (χ4v) is 3.86. The third-order valence-corrected chi connectivity index (χ3v) is 5.25. The van der Waals surface area contributed by atoms with Gasteiger partial charge in [-0.05, 0) is 32.6 Å². The molecule has 1 aliphatic carbocycles. The van der Waals surface area contributed by atoms with Crippen molar-refractivity contribution in [2.75, 3.05) is 6.61 Å². The van der Waals surface area contributed by atoms with Crippen LogP contribution in [0.1, 0.15) is 85.0 Å². The van der Waals surface area contributed by atoms with Gasteiger partial charge in [-0.3, -0.25) is 0 Å². The van der Waals surface area contributed by atoms with Crippen molar-refractivity contribution in [2.45, 2.75) is 96.9 Å². The van der Waals surface area contributed by atoms with E-state index in [0.717, 1.165) is 13.0 Å². The summed E-state index contributed by atoms with van der Waals surface area (Å²) < 4.78 is 12.5. The molecule has 1 saturated carbocycles. The monoisotopic (exact) mass is 268 g/mol. The first-order valence-electron chi connectivity index (χ1n) is 8.44. The Kier molecular flexibility index (Phi) is 5.30. The highest BCUT2D eigenvalue weighted by molar-refractivity contribution is 5.00. The van der Waals surface area contributed by atoms with Crippen molar-refractivity contribution in [1.29, 1.82) is 0 Å². The van der Waals surface area contributed by atoms with Crippen LogP contribution in [0, 0.1) is 5.41 Å². The maximum Gasteiger partial charge on any atom is 0.173 e. The van der Waals surface area contributed by atoms with E-state index < -0.39 is 0 Å². The van der Waals surface area contributed by atoms with Crippen molar-refractivity contribution in [3.05, 3.63) is 0 Å². The second kappa shape index (κ2) is 6.58. The Morgan fingerprint density at radius 3 is 2.68 bits per heavy atom. The molecule has 0 aromatic carbocycles. The second-order valence-corrected chi connectivity index (χ2v) is 6.90. The van der Waals surface area contributed by atoms with Gasteiger partial charge in [0, 0.05) is 11.8 Å². The quantitative estimate of drug-likeness (QED) is 0.573. The Bertz CT molecular complexity index is 264. The minimum Gasteiger partial charge on any atom is -0.349 e. The van der Waals surface area contributed by atoms with Crippen LogP contribution in [0.25, 0.3) is 0 Å². The van der Waals surface area contributed by atoms with E-state index in [4.69, 9.17) is 9.47 Å². The number of rotatable bonds is 8. The number of hydrogen-bond acceptors (Lipinski definition) is 2. The van der Waals surface area contributed by atoms with Gasteiger partial charge in [0.1, 0.15) is 0 Å². The Morgan fingerprint density at radius 1 is 1.11 bits per heavy atom. The van der Waals surface area contributed by atoms with Crippen LogP contribution < -0.4 is 0 Å². The summed E-state index contributed by atoms with van der Waals surface area (Å²) in [6.07, 6.45) is 13.1. The van der Waals surface area contributed by atoms with Gasteiger partial charge >= 0.3 is 0 Å². The molecule has 3 unspecified atom stereocenters. The fourth-order valence-electron chi connectivity index (χ4n) is 3.86. The minimum atomic E-state index is -0.240. The highest BCUT2D eigenvalue weighted by Gasteiger charge is 2.58. The summed E-state index contributed by atoms with van der Waals surface area (Å²) in [6.45, 7) is 7.75. The topological polar surface area (TPSA) is 18.5 Å². The van der Waals surface area contributed by atoms with Gasteiger partial charge < -0.3 is 9.47 Å². The van der Waals surface area contributed by atoms with Crippen LogP contribution in [-0.4, -0.2) is 18.5 Å². The summed E-state index contributed by atoms with van der Waals surface area (Å²) in [6, 6.07) is 0. The molecule has 0 aromatic heterocycles. The van der Waals surface area contributed by atoms with E-state index in [1.165, 1.54) is 57.8 Å². The summed E-state index contributed by atoms with van der Waals surface area (Å²) >= 11 is 0. The maximum absolute atomic E-state index is 6.41. The van der Waals surface area contributed by atoms with Crippen molar-refractivity contribution in [1.82, 2.24) is 0 Å². The standard InChI is InChI=1S/C17H32O2/c1-4-5-6-7-8-10-15(2)19-17-12-9-11-16(17,3)13-14-18-17/h15H,4-14H2,1-3H3. The predicted molar refractivity (Wildman–Crippen MR) is 79.2 cm³/mol. The van der Waals surface area contributed by atoms with E-state index in [-0.39, 0.29) is 11.2 Å². The third-order valence-electron chi connectivity index (χ3n) is 5.25. The van der Waals surface area contributed by atoms with Crippen LogP contribution in [0.2, 0.25) is 0 Å². The maximum atomic E-state index is 6.41. The van der Waals surface area contributed by atoms with Gasteiger partial charge in [0.25, 0.3) is 0 Å². The summed E-state index contributed by atoms with van der Waals surface area (Å²) in [5.41, 5.74) is 0.281. The van der Waals surface area contributed by atoms with E-state index in [2.05, 4.69) is 20.8 Å². The highest BCUT2D eigenvalue weighted by Crippen LogP contribution is 2.56.